The van der Waals surface area contributed by atoms with E-state index in [1.54, 1.807) is 0 Å². The standard InChI is InChI=1S/C18H20ClNO/c1-13-5-4-7-14(11-20-16-9-10-16)18(13)21-12-15-6-2-3-8-17(15)19/h2-8,16,20H,9-12H2,1H3. The van der Waals surface area contributed by atoms with Crippen molar-refractivity contribution in [1.29, 1.82) is 0 Å². The highest BCUT2D eigenvalue weighted by atomic mass is 35.5. The average molecular weight is 302 g/mol. The number of nitrogens with one attached hydrogen (secondary N) is 1. The van der Waals surface area contributed by atoms with Gasteiger partial charge in [0.1, 0.15) is 12.4 Å². The summed E-state index contributed by atoms with van der Waals surface area (Å²) in [6, 6.07) is 14.8. The van der Waals surface area contributed by atoms with E-state index in [1.165, 1.54) is 18.4 Å². The van der Waals surface area contributed by atoms with Crippen LogP contribution < -0.4 is 10.1 Å². The quantitative estimate of drug-likeness (QED) is 0.849. The first kappa shape index (κ1) is 14.4. The average Bonchev–Trinajstić information content (AvgIpc) is 3.30. The van der Waals surface area contributed by atoms with Crippen LogP contribution >= 0.6 is 11.6 Å². The Bertz CT molecular complexity index is 622. The Morgan fingerprint density at radius 2 is 1.86 bits per heavy atom. The van der Waals surface area contributed by atoms with Gasteiger partial charge in [-0.25, -0.2) is 0 Å². The Morgan fingerprint density at radius 3 is 2.62 bits per heavy atom. The van der Waals surface area contributed by atoms with Crippen molar-refractivity contribution in [3.63, 3.8) is 0 Å². The number of halogens is 1. The van der Waals surface area contributed by atoms with Gasteiger partial charge in [-0.05, 0) is 31.4 Å². The van der Waals surface area contributed by atoms with Crippen molar-refractivity contribution in [2.75, 3.05) is 0 Å². The molecule has 1 N–H and O–H groups in total. The van der Waals surface area contributed by atoms with E-state index in [0.717, 1.165) is 28.4 Å². The van der Waals surface area contributed by atoms with Crippen LogP contribution in [0.25, 0.3) is 0 Å². The van der Waals surface area contributed by atoms with E-state index in [2.05, 4.69) is 30.4 Å². The van der Waals surface area contributed by atoms with Gasteiger partial charge < -0.3 is 10.1 Å². The van der Waals surface area contributed by atoms with Gasteiger partial charge in [0, 0.05) is 28.7 Å². The van der Waals surface area contributed by atoms with Crippen molar-refractivity contribution >= 4 is 11.6 Å². The second-order valence-corrected chi connectivity index (χ2v) is 6.01. The number of hydrogen-bond donors (Lipinski definition) is 1. The second kappa shape index (κ2) is 6.50. The van der Waals surface area contributed by atoms with Crippen LogP contribution in [0.3, 0.4) is 0 Å². The molecule has 3 heteroatoms. The lowest BCUT2D eigenvalue weighted by atomic mass is 10.1. The summed E-state index contributed by atoms with van der Waals surface area (Å²) in [5.74, 6) is 0.977. The summed E-state index contributed by atoms with van der Waals surface area (Å²) in [7, 11) is 0. The first-order chi connectivity index (χ1) is 10.2. The predicted molar refractivity (Wildman–Crippen MR) is 86.8 cm³/mol. The number of ether oxygens (including phenoxy) is 1. The molecular weight excluding hydrogens is 282 g/mol. The first-order valence-corrected chi connectivity index (χ1v) is 7.80. The zero-order valence-corrected chi connectivity index (χ0v) is 13.0. The van der Waals surface area contributed by atoms with E-state index in [1.807, 2.05) is 24.3 Å². The molecule has 0 bridgehead atoms. The summed E-state index contributed by atoms with van der Waals surface area (Å²) in [6.45, 7) is 3.45. The molecule has 1 aliphatic carbocycles. The number of aryl methyl sites for hydroxylation is 1. The molecular formula is C18H20ClNO. The van der Waals surface area contributed by atoms with Crippen LogP contribution in [0.2, 0.25) is 5.02 Å². The highest BCUT2D eigenvalue weighted by Gasteiger charge is 2.20. The van der Waals surface area contributed by atoms with Gasteiger partial charge in [0.15, 0.2) is 0 Å². The van der Waals surface area contributed by atoms with Crippen molar-refractivity contribution in [2.45, 2.75) is 39.0 Å². The smallest absolute Gasteiger partial charge is 0.127 e. The zero-order valence-electron chi connectivity index (χ0n) is 12.2. The Labute approximate surface area is 131 Å². The summed E-state index contributed by atoms with van der Waals surface area (Å²) < 4.78 is 6.06. The van der Waals surface area contributed by atoms with Crippen molar-refractivity contribution in [3.8, 4) is 5.75 Å². The van der Waals surface area contributed by atoms with Crippen LogP contribution in [0.4, 0.5) is 0 Å². The third-order valence-electron chi connectivity index (χ3n) is 3.78. The lowest BCUT2D eigenvalue weighted by molar-refractivity contribution is 0.300. The van der Waals surface area contributed by atoms with E-state index >= 15 is 0 Å². The fourth-order valence-electron chi connectivity index (χ4n) is 2.37. The number of hydrogen-bond acceptors (Lipinski definition) is 2. The highest BCUT2D eigenvalue weighted by molar-refractivity contribution is 6.31. The molecule has 0 atom stereocenters. The highest BCUT2D eigenvalue weighted by Crippen LogP contribution is 2.27. The monoisotopic (exact) mass is 301 g/mol. The van der Waals surface area contributed by atoms with Gasteiger partial charge in [0.25, 0.3) is 0 Å². The zero-order chi connectivity index (χ0) is 14.7. The molecule has 21 heavy (non-hydrogen) atoms. The van der Waals surface area contributed by atoms with Crippen LogP contribution in [-0.4, -0.2) is 6.04 Å². The number of rotatable bonds is 6. The summed E-state index contributed by atoms with van der Waals surface area (Å²) in [5.41, 5.74) is 3.40. The van der Waals surface area contributed by atoms with Crippen LogP contribution in [0.5, 0.6) is 5.75 Å². The van der Waals surface area contributed by atoms with Crippen molar-refractivity contribution in [3.05, 3.63) is 64.2 Å². The maximum absolute atomic E-state index is 6.19. The lowest BCUT2D eigenvalue weighted by Crippen LogP contribution is -2.16. The Morgan fingerprint density at radius 1 is 1.10 bits per heavy atom. The maximum Gasteiger partial charge on any atom is 0.127 e. The van der Waals surface area contributed by atoms with Gasteiger partial charge in [-0.1, -0.05) is 48.0 Å². The lowest BCUT2D eigenvalue weighted by Gasteiger charge is -2.15. The third kappa shape index (κ3) is 3.78. The molecule has 110 valence electrons. The molecule has 0 aliphatic heterocycles. The molecule has 1 fully saturated rings. The topological polar surface area (TPSA) is 21.3 Å². The molecule has 0 unspecified atom stereocenters. The Kier molecular flexibility index (Phi) is 4.47. The molecule has 2 nitrogen and oxygen atoms in total. The molecule has 1 saturated carbocycles. The second-order valence-electron chi connectivity index (χ2n) is 5.60. The first-order valence-electron chi connectivity index (χ1n) is 7.42. The summed E-state index contributed by atoms with van der Waals surface area (Å²) in [6.07, 6.45) is 2.59. The van der Waals surface area contributed by atoms with Gasteiger partial charge in [-0.3, -0.25) is 0 Å². The minimum Gasteiger partial charge on any atom is -0.488 e. The summed E-state index contributed by atoms with van der Waals surface area (Å²) in [4.78, 5) is 0. The predicted octanol–water partition coefficient (Wildman–Crippen LogP) is 4.48. The van der Waals surface area contributed by atoms with Crippen molar-refractivity contribution < 1.29 is 4.74 Å². The van der Waals surface area contributed by atoms with E-state index < -0.39 is 0 Å². The Balaban J connectivity index is 1.72. The van der Waals surface area contributed by atoms with Crippen molar-refractivity contribution in [2.24, 2.45) is 0 Å². The van der Waals surface area contributed by atoms with Gasteiger partial charge in [-0.15, -0.1) is 0 Å². The molecule has 0 saturated heterocycles. The molecule has 2 aromatic carbocycles. The van der Waals surface area contributed by atoms with Crippen molar-refractivity contribution in [1.82, 2.24) is 5.32 Å². The molecule has 0 amide bonds. The van der Waals surface area contributed by atoms with Crippen LogP contribution in [0.15, 0.2) is 42.5 Å². The van der Waals surface area contributed by atoms with Crippen LogP contribution in [0, 0.1) is 6.92 Å². The van der Waals surface area contributed by atoms with E-state index in [4.69, 9.17) is 16.3 Å². The maximum atomic E-state index is 6.19. The van der Waals surface area contributed by atoms with Gasteiger partial charge in [0.05, 0.1) is 0 Å². The SMILES string of the molecule is Cc1cccc(CNC2CC2)c1OCc1ccccc1Cl. The van der Waals surface area contributed by atoms with Crippen LogP contribution in [-0.2, 0) is 13.2 Å². The van der Waals surface area contributed by atoms with E-state index in [9.17, 15) is 0 Å². The Hall–Kier alpha value is -1.51. The molecule has 0 heterocycles. The van der Waals surface area contributed by atoms with Gasteiger partial charge in [0.2, 0.25) is 0 Å². The molecule has 2 aromatic rings. The van der Waals surface area contributed by atoms with E-state index in [-0.39, 0.29) is 0 Å². The van der Waals surface area contributed by atoms with Gasteiger partial charge >= 0.3 is 0 Å². The third-order valence-corrected chi connectivity index (χ3v) is 4.15. The summed E-state index contributed by atoms with van der Waals surface area (Å²) >= 11 is 6.19. The number of benzene rings is 2. The molecule has 0 aromatic heterocycles. The molecule has 0 radical (unpaired) electrons. The normalized spacial score (nSPS) is 14.2. The molecule has 3 rings (SSSR count). The summed E-state index contributed by atoms with van der Waals surface area (Å²) in [5, 5.41) is 4.30. The fraction of sp³-hybridized carbons (Fsp3) is 0.333. The van der Waals surface area contributed by atoms with E-state index in [0.29, 0.717) is 12.6 Å². The van der Waals surface area contributed by atoms with Gasteiger partial charge in [-0.2, -0.15) is 0 Å². The minimum absolute atomic E-state index is 0.501. The molecule has 1 aliphatic rings. The number of para-hydroxylation sites is 1. The largest absolute Gasteiger partial charge is 0.488 e. The minimum atomic E-state index is 0.501. The molecule has 0 spiro atoms. The fourth-order valence-corrected chi connectivity index (χ4v) is 2.56. The van der Waals surface area contributed by atoms with Crippen LogP contribution in [0.1, 0.15) is 29.5 Å².